The monoisotopic (exact) mass is 328 g/mol. The number of rotatable bonds is 3. The van der Waals surface area contributed by atoms with E-state index in [0.717, 1.165) is 17.6 Å². The number of carbonyl (C=O) groups excluding carboxylic acids is 2. The van der Waals surface area contributed by atoms with E-state index in [-0.39, 0.29) is 18.4 Å². The summed E-state index contributed by atoms with van der Waals surface area (Å²) in [5, 5.41) is 5.84. The molecule has 0 atom stereocenters. The van der Waals surface area contributed by atoms with Gasteiger partial charge in [0, 0.05) is 43.9 Å². The maximum Gasteiger partial charge on any atom is 0.268 e. The Morgan fingerprint density at radius 3 is 2.68 bits per heavy atom. The van der Waals surface area contributed by atoms with Crippen molar-refractivity contribution in [2.45, 2.75) is 0 Å². The van der Waals surface area contributed by atoms with Gasteiger partial charge in [0.1, 0.15) is 5.69 Å². The highest BCUT2D eigenvalue weighted by Crippen LogP contribution is 2.13. The standard InChI is InChI=1S/C12H17BrN4O2/c1-16-8-9(13)6-10(16)12(19)15-7-11(18)17-4-2-14-3-5-17/h6,8,14H,2-5,7H2,1H3,(H,15,19). The van der Waals surface area contributed by atoms with Gasteiger partial charge in [0.05, 0.1) is 6.54 Å². The summed E-state index contributed by atoms with van der Waals surface area (Å²) >= 11 is 3.31. The van der Waals surface area contributed by atoms with E-state index in [9.17, 15) is 9.59 Å². The molecule has 1 aromatic rings. The zero-order valence-electron chi connectivity index (χ0n) is 10.8. The van der Waals surface area contributed by atoms with E-state index in [1.165, 1.54) is 0 Å². The van der Waals surface area contributed by atoms with Crippen LogP contribution in [0.2, 0.25) is 0 Å². The molecule has 1 aliphatic heterocycles. The van der Waals surface area contributed by atoms with Crippen molar-refractivity contribution in [3.8, 4) is 0 Å². The Morgan fingerprint density at radius 1 is 1.42 bits per heavy atom. The van der Waals surface area contributed by atoms with Gasteiger partial charge in [-0.15, -0.1) is 0 Å². The van der Waals surface area contributed by atoms with Crippen LogP contribution in [0.25, 0.3) is 0 Å². The van der Waals surface area contributed by atoms with Crippen LogP contribution in [0.3, 0.4) is 0 Å². The molecule has 1 aromatic heterocycles. The lowest BCUT2D eigenvalue weighted by Gasteiger charge is -2.27. The second kappa shape index (κ2) is 6.21. The molecule has 1 aliphatic rings. The van der Waals surface area contributed by atoms with Crippen molar-refractivity contribution in [2.75, 3.05) is 32.7 Å². The number of aryl methyl sites for hydroxylation is 1. The number of carbonyl (C=O) groups is 2. The molecule has 0 aromatic carbocycles. The average molecular weight is 329 g/mol. The Bertz CT molecular complexity index is 480. The van der Waals surface area contributed by atoms with E-state index >= 15 is 0 Å². The number of hydrogen-bond acceptors (Lipinski definition) is 3. The van der Waals surface area contributed by atoms with Gasteiger partial charge in [0.2, 0.25) is 5.91 Å². The maximum atomic E-state index is 11.9. The van der Waals surface area contributed by atoms with Crippen LogP contribution >= 0.6 is 15.9 Å². The predicted molar refractivity (Wildman–Crippen MR) is 74.9 cm³/mol. The van der Waals surface area contributed by atoms with E-state index in [1.807, 2.05) is 0 Å². The van der Waals surface area contributed by atoms with Gasteiger partial charge < -0.3 is 20.1 Å². The summed E-state index contributed by atoms with van der Waals surface area (Å²) in [4.78, 5) is 25.6. The van der Waals surface area contributed by atoms with E-state index < -0.39 is 0 Å². The minimum Gasteiger partial charge on any atom is -0.345 e. The molecule has 0 spiro atoms. The lowest BCUT2D eigenvalue weighted by molar-refractivity contribution is -0.130. The molecule has 19 heavy (non-hydrogen) atoms. The first-order valence-corrected chi connectivity index (χ1v) is 6.96. The Morgan fingerprint density at radius 2 is 2.11 bits per heavy atom. The predicted octanol–water partition coefficient (Wildman–Crippen LogP) is -0.0508. The van der Waals surface area contributed by atoms with Crippen molar-refractivity contribution in [3.05, 3.63) is 22.4 Å². The quantitative estimate of drug-likeness (QED) is 0.817. The fraction of sp³-hybridized carbons (Fsp3) is 0.500. The van der Waals surface area contributed by atoms with Crippen molar-refractivity contribution in [1.29, 1.82) is 0 Å². The molecule has 1 fully saturated rings. The normalized spacial score (nSPS) is 15.4. The summed E-state index contributed by atoms with van der Waals surface area (Å²) in [6.45, 7) is 3.06. The molecule has 2 rings (SSSR count). The Balaban J connectivity index is 1.86. The maximum absolute atomic E-state index is 11.9. The number of nitrogens with zero attached hydrogens (tertiary/aromatic N) is 2. The number of halogens is 1. The van der Waals surface area contributed by atoms with Crippen molar-refractivity contribution in [2.24, 2.45) is 7.05 Å². The summed E-state index contributed by atoms with van der Waals surface area (Å²) < 4.78 is 2.56. The molecule has 2 N–H and O–H groups in total. The number of nitrogens with one attached hydrogen (secondary N) is 2. The van der Waals surface area contributed by atoms with E-state index in [0.29, 0.717) is 18.8 Å². The van der Waals surface area contributed by atoms with Crippen LogP contribution in [-0.2, 0) is 11.8 Å². The van der Waals surface area contributed by atoms with E-state index in [2.05, 4.69) is 26.6 Å². The molecule has 7 heteroatoms. The SMILES string of the molecule is Cn1cc(Br)cc1C(=O)NCC(=O)N1CCNCC1. The molecule has 2 amide bonds. The summed E-state index contributed by atoms with van der Waals surface area (Å²) in [5.74, 6) is -0.278. The highest BCUT2D eigenvalue weighted by atomic mass is 79.9. The van der Waals surface area contributed by atoms with Crippen LogP contribution in [-0.4, -0.2) is 54.0 Å². The average Bonchev–Trinajstić information content (AvgIpc) is 2.75. The third-order valence-corrected chi connectivity index (χ3v) is 3.51. The van der Waals surface area contributed by atoms with Crippen molar-refractivity contribution in [3.63, 3.8) is 0 Å². The molecule has 0 saturated carbocycles. The van der Waals surface area contributed by atoms with Crippen LogP contribution in [0.15, 0.2) is 16.7 Å². The van der Waals surface area contributed by atoms with Gasteiger partial charge in [-0.2, -0.15) is 0 Å². The Hall–Kier alpha value is -1.34. The highest BCUT2D eigenvalue weighted by Gasteiger charge is 2.18. The van der Waals surface area contributed by atoms with Gasteiger partial charge in [-0.1, -0.05) is 0 Å². The lowest BCUT2D eigenvalue weighted by Crippen LogP contribution is -2.49. The largest absolute Gasteiger partial charge is 0.345 e. The zero-order valence-corrected chi connectivity index (χ0v) is 12.4. The molecule has 104 valence electrons. The minimum atomic E-state index is -0.239. The first-order valence-electron chi connectivity index (χ1n) is 6.16. The van der Waals surface area contributed by atoms with E-state index in [1.54, 1.807) is 28.8 Å². The second-order valence-electron chi connectivity index (χ2n) is 4.47. The molecule has 0 aliphatic carbocycles. The highest BCUT2D eigenvalue weighted by molar-refractivity contribution is 9.10. The molecular formula is C12H17BrN4O2. The molecule has 2 heterocycles. The van der Waals surface area contributed by atoms with Crippen LogP contribution in [0.4, 0.5) is 0 Å². The van der Waals surface area contributed by atoms with Gasteiger partial charge in [-0.05, 0) is 22.0 Å². The van der Waals surface area contributed by atoms with Gasteiger partial charge in [0.25, 0.3) is 5.91 Å². The van der Waals surface area contributed by atoms with Gasteiger partial charge >= 0.3 is 0 Å². The Kier molecular flexibility index (Phi) is 4.60. The summed E-state index contributed by atoms with van der Waals surface area (Å²) in [5.41, 5.74) is 0.528. The molecule has 1 saturated heterocycles. The second-order valence-corrected chi connectivity index (χ2v) is 5.38. The van der Waals surface area contributed by atoms with E-state index in [4.69, 9.17) is 0 Å². The third kappa shape index (κ3) is 3.57. The number of hydrogen-bond donors (Lipinski definition) is 2. The smallest absolute Gasteiger partial charge is 0.268 e. The third-order valence-electron chi connectivity index (χ3n) is 3.07. The van der Waals surface area contributed by atoms with Crippen LogP contribution in [0.1, 0.15) is 10.5 Å². The lowest BCUT2D eigenvalue weighted by atomic mass is 10.3. The zero-order chi connectivity index (χ0) is 13.8. The topological polar surface area (TPSA) is 66.4 Å². The summed E-state index contributed by atoms with van der Waals surface area (Å²) in [6, 6.07) is 1.73. The van der Waals surface area contributed by atoms with Crippen LogP contribution in [0, 0.1) is 0 Å². The Labute approximate surface area is 120 Å². The fourth-order valence-electron chi connectivity index (χ4n) is 2.02. The van der Waals surface area contributed by atoms with Crippen molar-refractivity contribution < 1.29 is 9.59 Å². The van der Waals surface area contributed by atoms with Crippen molar-refractivity contribution in [1.82, 2.24) is 20.1 Å². The first kappa shape index (κ1) is 14.1. The van der Waals surface area contributed by atoms with Gasteiger partial charge in [0.15, 0.2) is 0 Å². The fourth-order valence-corrected chi connectivity index (χ4v) is 2.55. The summed E-state index contributed by atoms with van der Waals surface area (Å²) in [7, 11) is 1.79. The molecule has 0 unspecified atom stereocenters. The van der Waals surface area contributed by atoms with Crippen molar-refractivity contribution >= 4 is 27.7 Å². The number of aromatic nitrogens is 1. The van der Waals surface area contributed by atoms with Gasteiger partial charge in [-0.25, -0.2) is 0 Å². The first-order chi connectivity index (χ1) is 9.08. The summed E-state index contributed by atoms with van der Waals surface area (Å²) in [6.07, 6.45) is 1.80. The van der Waals surface area contributed by atoms with Crippen LogP contribution < -0.4 is 10.6 Å². The molecular weight excluding hydrogens is 312 g/mol. The van der Waals surface area contributed by atoms with Crippen LogP contribution in [0.5, 0.6) is 0 Å². The number of amides is 2. The molecule has 0 bridgehead atoms. The minimum absolute atomic E-state index is 0.0388. The van der Waals surface area contributed by atoms with Gasteiger partial charge in [-0.3, -0.25) is 9.59 Å². The molecule has 0 radical (unpaired) electrons. The molecule has 6 nitrogen and oxygen atoms in total. The number of piperazine rings is 1.